The summed E-state index contributed by atoms with van der Waals surface area (Å²) in [5.74, 6) is 2.69. The number of ether oxygens (including phenoxy) is 1. The molecule has 4 rings (SSSR count). The smallest absolute Gasteiger partial charge is 0.270 e. The molecule has 0 bridgehead atoms. The molecule has 0 fully saturated rings. The van der Waals surface area contributed by atoms with Gasteiger partial charge in [-0.3, -0.25) is 4.79 Å². The normalized spacial score (nSPS) is 10.7. The van der Waals surface area contributed by atoms with Crippen molar-refractivity contribution in [3.8, 4) is 34.7 Å². The fourth-order valence-electron chi connectivity index (χ4n) is 2.79. The molecule has 8 nitrogen and oxygen atoms in total. The predicted molar refractivity (Wildman–Crippen MR) is 110 cm³/mol. The third kappa shape index (κ3) is 3.86. The second kappa shape index (κ2) is 8.31. The lowest BCUT2D eigenvalue weighted by molar-refractivity contribution is 0.415. The number of benzene rings is 1. The molecule has 3 heterocycles. The maximum atomic E-state index is 12.4. The van der Waals surface area contributed by atoms with E-state index in [4.69, 9.17) is 13.6 Å². The number of oxazole rings is 1. The van der Waals surface area contributed by atoms with Crippen LogP contribution in [0.25, 0.3) is 22.9 Å². The number of aromatic amines is 1. The van der Waals surface area contributed by atoms with Gasteiger partial charge in [-0.2, -0.15) is 5.26 Å². The standard InChI is InChI=1S/C21H16N4O4S/c1-12-16(23-20(29-12)17-4-3-9-28-17)11-30-21-24-18(15(10-22)19(26)25-21)13-5-7-14(27-2)8-6-13/h3-9H,11H2,1-2H3,(H,24,25,26). The predicted octanol–water partition coefficient (Wildman–Crippen LogP) is 4.17. The van der Waals surface area contributed by atoms with Crippen LogP contribution >= 0.6 is 11.8 Å². The van der Waals surface area contributed by atoms with Crippen molar-refractivity contribution in [2.75, 3.05) is 7.11 Å². The quantitative estimate of drug-likeness (QED) is 0.365. The number of aromatic nitrogens is 3. The zero-order chi connectivity index (χ0) is 21.1. The number of hydrogen-bond acceptors (Lipinski definition) is 8. The topological polar surface area (TPSA) is 118 Å². The van der Waals surface area contributed by atoms with Crippen molar-refractivity contribution in [3.05, 3.63) is 70.0 Å². The van der Waals surface area contributed by atoms with E-state index in [2.05, 4.69) is 15.0 Å². The Labute approximate surface area is 175 Å². The molecule has 0 saturated heterocycles. The van der Waals surface area contributed by atoms with E-state index in [9.17, 15) is 10.1 Å². The minimum absolute atomic E-state index is 0.0396. The average Bonchev–Trinajstić information content (AvgIpc) is 3.42. The van der Waals surface area contributed by atoms with Gasteiger partial charge in [-0.1, -0.05) is 11.8 Å². The number of nitrogens with one attached hydrogen (secondary N) is 1. The highest BCUT2D eigenvalue weighted by Crippen LogP contribution is 2.28. The lowest BCUT2D eigenvalue weighted by Crippen LogP contribution is -2.14. The number of methoxy groups -OCH3 is 1. The molecule has 0 amide bonds. The van der Waals surface area contributed by atoms with Gasteiger partial charge >= 0.3 is 0 Å². The molecular weight excluding hydrogens is 404 g/mol. The summed E-state index contributed by atoms with van der Waals surface area (Å²) in [7, 11) is 1.57. The minimum atomic E-state index is -0.492. The number of thioether (sulfide) groups is 1. The zero-order valence-electron chi connectivity index (χ0n) is 16.1. The monoisotopic (exact) mass is 420 g/mol. The molecule has 150 valence electrons. The largest absolute Gasteiger partial charge is 0.497 e. The van der Waals surface area contributed by atoms with E-state index in [1.165, 1.54) is 11.8 Å². The molecule has 0 aliphatic heterocycles. The maximum Gasteiger partial charge on any atom is 0.270 e. The van der Waals surface area contributed by atoms with Gasteiger partial charge in [0, 0.05) is 11.3 Å². The van der Waals surface area contributed by atoms with Crippen molar-refractivity contribution in [3.63, 3.8) is 0 Å². The maximum absolute atomic E-state index is 12.4. The van der Waals surface area contributed by atoms with E-state index in [0.717, 1.165) is 0 Å². The Hall–Kier alpha value is -3.77. The first-order chi connectivity index (χ1) is 14.6. The number of nitriles is 1. The first-order valence-corrected chi connectivity index (χ1v) is 9.89. The van der Waals surface area contributed by atoms with E-state index in [1.807, 2.05) is 13.0 Å². The van der Waals surface area contributed by atoms with Gasteiger partial charge in [0.1, 0.15) is 23.1 Å². The fourth-order valence-corrected chi connectivity index (χ4v) is 3.65. The van der Waals surface area contributed by atoms with Crippen LogP contribution in [0.1, 0.15) is 17.0 Å². The third-order valence-corrected chi connectivity index (χ3v) is 5.23. The summed E-state index contributed by atoms with van der Waals surface area (Å²) in [5.41, 5.74) is 1.15. The van der Waals surface area contributed by atoms with Crippen molar-refractivity contribution in [1.82, 2.24) is 15.0 Å². The summed E-state index contributed by atoms with van der Waals surface area (Å²) < 4.78 is 16.1. The van der Waals surface area contributed by atoms with E-state index in [-0.39, 0.29) is 5.56 Å². The Balaban J connectivity index is 1.62. The third-order valence-electron chi connectivity index (χ3n) is 4.34. The molecule has 0 spiro atoms. The first-order valence-electron chi connectivity index (χ1n) is 8.91. The molecule has 0 aliphatic rings. The summed E-state index contributed by atoms with van der Waals surface area (Å²) in [6, 6.07) is 12.5. The molecule has 1 aromatic carbocycles. The molecule has 30 heavy (non-hydrogen) atoms. The van der Waals surface area contributed by atoms with Crippen LogP contribution in [0.15, 0.2) is 61.4 Å². The van der Waals surface area contributed by atoms with Crippen LogP contribution in [-0.2, 0) is 5.75 Å². The number of rotatable bonds is 6. The van der Waals surface area contributed by atoms with Crippen molar-refractivity contribution in [2.24, 2.45) is 0 Å². The Kier molecular flexibility index (Phi) is 5.41. The molecule has 0 saturated carbocycles. The zero-order valence-corrected chi connectivity index (χ0v) is 16.9. The molecule has 1 N–H and O–H groups in total. The van der Waals surface area contributed by atoms with E-state index < -0.39 is 5.56 Å². The number of nitrogens with zero attached hydrogens (tertiary/aromatic N) is 3. The summed E-state index contributed by atoms with van der Waals surface area (Å²) >= 11 is 1.29. The molecule has 0 radical (unpaired) electrons. The summed E-state index contributed by atoms with van der Waals surface area (Å²) in [6.07, 6.45) is 1.55. The molecular formula is C21H16N4O4S. The lowest BCUT2D eigenvalue weighted by Gasteiger charge is -2.07. The highest BCUT2D eigenvalue weighted by atomic mass is 32.2. The van der Waals surface area contributed by atoms with Crippen LogP contribution in [0, 0.1) is 18.3 Å². The summed E-state index contributed by atoms with van der Waals surface area (Å²) in [6.45, 7) is 1.81. The van der Waals surface area contributed by atoms with Crippen molar-refractivity contribution < 1.29 is 13.6 Å². The van der Waals surface area contributed by atoms with Gasteiger partial charge in [-0.15, -0.1) is 0 Å². The SMILES string of the molecule is COc1ccc(-c2nc(SCc3nc(-c4ccco4)oc3C)[nH]c(=O)c2C#N)cc1. The van der Waals surface area contributed by atoms with Gasteiger partial charge in [0.25, 0.3) is 11.4 Å². The van der Waals surface area contributed by atoms with Gasteiger partial charge in [-0.05, 0) is 43.3 Å². The van der Waals surface area contributed by atoms with Crippen molar-refractivity contribution in [1.29, 1.82) is 5.26 Å². The Morgan fingerprint density at radius 1 is 1.23 bits per heavy atom. The van der Waals surface area contributed by atoms with Crippen molar-refractivity contribution >= 4 is 11.8 Å². The molecule has 9 heteroatoms. The van der Waals surface area contributed by atoms with Crippen LogP contribution < -0.4 is 10.3 Å². The second-order valence-corrected chi connectivity index (χ2v) is 7.19. The van der Waals surface area contributed by atoms with Gasteiger partial charge in [0.05, 0.1) is 24.8 Å². The summed E-state index contributed by atoms with van der Waals surface area (Å²) in [4.78, 5) is 24.0. The van der Waals surface area contributed by atoms with E-state index in [0.29, 0.717) is 51.0 Å². The Morgan fingerprint density at radius 2 is 2.03 bits per heavy atom. The minimum Gasteiger partial charge on any atom is -0.497 e. The Morgan fingerprint density at radius 3 is 2.70 bits per heavy atom. The highest BCUT2D eigenvalue weighted by molar-refractivity contribution is 7.98. The van der Waals surface area contributed by atoms with Gasteiger partial charge in [0.15, 0.2) is 10.9 Å². The number of H-pyrrole nitrogens is 1. The van der Waals surface area contributed by atoms with Crippen molar-refractivity contribution in [2.45, 2.75) is 17.8 Å². The lowest BCUT2D eigenvalue weighted by atomic mass is 10.1. The first kappa shape index (κ1) is 19.5. The highest BCUT2D eigenvalue weighted by Gasteiger charge is 2.17. The fraction of sp³-hybridized carbons (Fsp3) is 0.143. The number of hydrogen-bond donors (Lipinski definition) is 1. The van der Waals surface area contributed by atoms with Crippen LogP contribution in [0.5, 0.6) is 5.75 Å². The average molecular weight is 420 g/mol. The second-order valence-electron chi connectivity index (χ2n) is 6.22. The van der Waals surface area contributed by atoms with Crippen LogP contribution in [0.4, 0.5) is 0 Å². The molecule has 0 unspecified atom stereocenters. The summed E-state index contributed by atoms with van der Waals surface area (Å²) in [5, 5.41) is 9.80. The van der Waals surface area contributed by atoms with E-state index in [1.54, 1.807) is 49.8 Å². The molecule has 3 aromatic heterocycles. The number of furan rings is 1. The van der Waals surface area contributed by atoms with Gasteiger partial charge < -0.3 is 18.6 Å². The van der Waals surface area contributed by atoms with Gasteiger partial charge in [0.2, 0.25) is 0 Å². The van der Waals surface area contributed by atoms with E-state index >= 15 is 0 Å². The molecule has 0 aliphatic carbocycles. The van der Waals surface area contributed by atoms with Gasteiger partial charge in [-0.25, -0.2) is 9.97 Å². The number of aryl methyl sites for hydroxylation is 1. The Bertz CT molecular complexity index is 1270. The van der Waals surface area contributed by atoms with Crippen LogP contribution in [0.2, 0.25) is 0 Å². The molecule has 4 aromatic rings. The molecule has 0 atom stereocenters. The van der Waals surface area contributed by atoms with Crippen LogP contribution in [0.3, 0.4) is 0 Å². The van der Waals surface area contributed by atoms with Crippen LogP contribution in [-0.4, -0.2) is 22.1 Å².